The molecule has 8 nitrogen and oxygen atoms in total. The Bertz CT molecular complexity index is 1250. The second-order valence-electron chi connectivity index (χ2n) is 6.87. The van der Waals surface area contributed by atoms with Crippen LogP contribution in [0.15, 0.2) is 35.4 Å². The van der Waals surface area contributed by atoms with Gasteiger partial charge in [0.1, 0.15) is 11.5 Å². The Hall–Kier alpha value is -2.86. The van der Waals surface area contributed by atoms with E-state index < -0.39 is 33.8 Å². The smallest absolute Gasteiger partial charge is 0.416 e. The van der Waals surface area contributed by atoms with Crippen LogP contribution in [0.5, 0.6) is 0 Å². The van der Waals surface area contributed by atoms with Crippen molar-refractivity contribution in [2.24, 2.45) is 7.05 Å². The maximum Gasteiger partial charge on any atom is 0.416 e. The minimum atomic E-state index is -4.51. The Labute approximate surface area is 176 Å². The van der Waals surface area contributed by atoms with Crippen LogP contribution in [0.25, 0.3) is 11.0 Å². The Morgan fingerprint density at radius 1 is 1.26 bits per heavy atom. The Balaban J connectivity index is 1.99. The lowest BCUT2D eigenvalue weighted by atomic mass is 10.2. The van der Waals surface area contributed by atoms with Crippen molar-refractivity contribution in [1.29, 1.82) is 0 Å². The number of esters is 1. The fourth-order valence-corrected chi connectivity index (χ4v) is 4.80. The molecule has 2 heterocycles. The number of methoxy groups -OCH3 is 1. The number of halogens is 3. The molecule has 3 rings (SSSR count). The van der Waals surface area contributed by atoms with E-state index in [0.717, 1.165) is 12.1 Å². The molecule has 168 valence electrons. The van der Waals surface area contributed by atoms with Crippen molar-refractivity contribution in [3.8, 4) is 0 Å². The summed E-state index contributed by atoms with van der Waals surface area (Å²) in [5, 5.41) is -0.168. The number of aromatic nitrogens is 3. The number of ether oxygens (including phenoxy) is 1. The summed E-state index contributed by atoms with van der Waals surface area (Å²) in [6, 6.07) is 4.92. The number of hydrogen-bond donors (Lipinski definition) is 1. The van der Waals surface area contributed by atoms with E-state index in [1.54, 1.807) is 13.8 Å². The van der Waals surface area contributed by atoms with Crippen LogP contribution in [0.4, 0.5) is 13.2 Å². The molecular weight excluding hydrogens is 437 g/mol. The molecule has 0 saturated carbocycles. The lowest BCUT2D eigenvalue weighted by molar-refractivity contribution is -0.137. The molecule has 1 N–H and O–H groups in total. The van der Waals surface area contributed by atoms with Gasteiger partial charge in [-0.3, -0.25) is 0 Å². The summed E-state index contributed by atoms with van der Waals surface area (Å²) in [5.41, 5.74) is -0.183. The molecular formula is C19H21F3N4O4S. The number of imidazole rings is 1. The number of nitrogens with zero attached hydrogens (tertiary/aromatic N) is 3. The number of nitrogens with one attached hydrogen (secondary N) is 1. The van der Waals surface area contributed by atoms with Crippen LogP contribution in [0.3, 0.4) is 0 Å². The zero-order valence-electron chi connectivity index (χ0n) is 17.2. The minimum Gasteiger partial charge on any atom is -0.464 e. The van der Waals surface area contributed by atoms with E-state index in [9.17, 15) is 26.4 Å². The molecule has 31 heavy (non-hydrogen) atoms. The van der Waals surface area contributed by atoms with Gasteiger partial charge in [0, 0.05) is 13.6 Å². The topological polar surface area (TPSA) is 95.2 Å². The monoisotopic (exact) mass is 458 g/mol. The lowest BCUT2D eigenvalue weighted by Crippen LogP contribution is -2.30. The van der Waals surface area contributed by atoms with Crippen LogP contribution >= 0.6 is 0 Å². The molecule has 0 spiro atoms. The van der Waals surface area contributed by atoms with Crippen molar-refractivity contribution in [2.45, 2.75) is 37.6 Å². The molecule has 0 fully saturated rings. The van der Waals surface area contributed by atoms with E-state index >= 15 is 0 Å². The third-order valence-corrected chi connectivity index (χ3v) is 6.51. The third-order valence-electron chi connectivity index (χ3n) is 4.89. The predicted octanol–water partition coefficient (Wildman–Crippen LogP) is 3.24. The molecule has 0 aliphatic carbocycles. The number of aryl methyl sites for hydroxylation is 1. The van der Waals surface area contributed by atoms with Crippen LogP contribution in [0.2, 0.25) is 0 Å². The van der Waals surface area contributed by atoms with Gasteiger partial charge in [0.05, 0.1) is 29.7 Å². The quantitative estimate of drug-likeness (QED) is 0.573. The van der Waals surface area contributed by atoms with Gasteiger partial charge in [-0.1, -0.05) is 0 Å². The molecule has 3 aromatic rings. The van der Waals surface area contributed by atoms with E-state index in [1.807, 2.05) is 0 Å². The van der Waals surface area contributed by atoms with E-state index in [1.165, 1.54) is 41.5 Å². The number of sulfonamides is 1. The summed E-state index contributed by atoms with van der Waals surface area (Å²) in [4.78, 5) is 16.1. The van der Waals surface area contributed by atoms with Gasteiger partial charge in [0.2, 0.25) is 0 Å². The van der Waals surface area contributed by atoms with Crippen LogP contribution in [-0.2, 0) is 34.5 Å². The van der Waals surface area contributed by atoms with Gasteiger partial charge in [0.25, 0.3) is 10.0 Å². The number of alkyl halides is 3. The van der Waals surface area contributed by atoms with E-state index in [2.05, 4.69) is 14.4 Å². The van der Waals surface area contributed by atoms with Gasteiger partial charge in [-0.2, -0.15) is 17.9 Å². The number of fused-ring (bicyclic) bond motifs is 1. The fraction of sp³-hybridized carbons (Fsp3) is 0.368. The van der Waals surface area contributed by atoms with E-state index in [-0.39, 0.29) is 28.6 Å². The zero-order valence-corrected chi connectivity index (χ0v) is 18.0. The summed E-state index contributed by atoms with van der Waals surface area (Å²) in [7, 11) is -1.49. The van der Waals surface area contributed by atoms with Crippen molar-refractivity contribution in [3.63, 3.8) is 0 Å². The minimum absolute atomic E-state index is 0.0519. The summed E-state index contributed by atoms with van der Waals surface area (Å²) in [5.74, 6) is -0.423. The largest absolute Gasteiger partial charge is 0.464 e. The predicted molar refractivity (Wildman–Crippen MR) is 106 cm³/mol. The van der Waals surface area contributed by atoms with Crippen LogP contribution in [0, 0.1) is 0 Å². The van der Waals surface area contributed by atoms with Gasteiger partial charge in [0.15, 0.2) is 5.03 Å². The summed E-state index contributed by atoms with van der Waals surface area (Å²) in [6.45, 7) is 3.56. The van der Waals surface area contributed by atoms with Gasteiger partial charge in [-0.15, -0.1) is 0 Å². The number of carbonyl (C=O) groups is 1. The molecule has 1 atom stereocenters. The Morgan fingerprint density at radius 2 is 1.94 bits per heavy atom. The highest BCUT2D eigenvalue weighted by molar-refractivity contribution is 7.89. The first-order valence-corrected chi connectivity index (χ1v) is 10.7. The molecule has 1 unspecified atom stereocenters. The SMILES string of the molecule is CCn1c(C(C)NS(=O)(=O)c2ccc(C(=O)OC)n2C)nc2ccc(C(F)(F)F)cc21. The Morgan fingerprint density at radius 3 is 2.52 bits per heavy atom. The first-order valence-electron chi connectivity index (χ1n) is 9.24. The molecule has 0 radical (unpaired) electrons. The van der Waals surface area contributed by atoms with Crippen molar-refractivity contribution in [3.05, 3.63) is 47.4 Å². The number of benzene rings is 1. The van der Waals surface area contributed by atoms with Crippen LogP contribution in [0.1, 0.15) is 41.8 Å². The highest BCUT2D eigenvalue weighted by Crippen LogP contribution is 2.32. The molecule has 0 aliphatic rings. The lowest BCUT2D eigenvalue weighted by Gasteiger charge is -2.16. The maximum absolute atomic E-state index is 13.1. The van der Waals surface area contributed by atoms with Crippen molar-refractivity contribution >= 4 is 27.0 Å². The van der Waals surface area contributed by atoms with Crippen molar-refractivity contribution in [2.75, 3.05) is 7.11 Å². The van der Waals surface area contributed by atoms with Crippen molar-refractivity contribution < 1.29 is 31.1 Å². The highest BCUT2D eigenvalue weighted by Gasteiger charge is 2.32. The number of carbonyl (C=O) groups excluding carboxylic acids is 1. The van der Waals surface area contributed by atoms with Gasteiger partial charge in [-0.05, 0) is 44.2 Å². The van der Waals surface area contributed by atoms with E-state index in [4.69, 9.17) is 0 Å². The summed E-state index contributed by atoms with van der Waals surface area (Å²) in [6.07, 6.45) is -4.51. The molecule has 12 heteroatoms. The molecule has 1 aromatic carbocycles. The average Bonchev–Trinajstić information content (AvgIpc) is 3.26. The molecule has 0 aliphatic heterocycles. The normalized spacial score (nSPS) is 13.5. The molecule has 0 bridgehead atoms. The zero-order chi connectivity index (χ0) is 23.1. The number of rotatable bonds is 6. The Kier molecular flexibility index (Phi) is 5.89. The molecule has 0 amide bonds. The standard InChI is InChI=1S/C19H21F3N4O4S/c1-5-26-15-10-12(19(20,21)22)6-7-13(15)23-17(26)11(2)24-31(28,29)16-9-8-14(25(16)3)18(27)30-4/h6-11,24H,5H2,1-4H3. The fourth-order valence-electron chi connectivity index (χ4n) is 3.40. The maximum atomic E-state index is 13.1. The molecule has 2 aromatic heterocycles. The second-order valence-corrected chi connectivity index (χ2v) is 8.53. The number of hydrogen-bond acceptors (Lipinski definition) is 5. The molecule has 0 saturated heterocycles. The van der Waals surface area contributed by atoms with Crippen LogP contribution in [-0.4, -0.2) is 35.6 Å². The first-order chi connectivity index (χ1) is 14.4. The third kappa shape index (κ3) is 4.17. The van der Waals surface area contributed by atoms with Gasteiger partial charge < -0.3 is 13.9 Å². The highest BCUT2D eigenvalue weighted by atomic mass is 32.2. The summed E-state index contributed by atoms with van der Waals surface area (Å²) < 4.78 is 74.9. The first kappa shape index (κ1) is 22.8. The summed E-state index contributed by atoms with van der Waals surface area (Å²) >= 11 is 0. The van der Waals surface area contributed by atoms with Crippen LogP contribution < -0.4 is 4.72 Å². The van der Waals surface area contributed by atoms with Gasteiger partial charge >= 0.3 is 12.1 Å². The average molecular weight is 458 g/mol. The second kappa shape index (κ2) is 8.00. The van der Waals surface area contributed by atoms with Gasteiger partial charge in [-0.25, -0.2) is 18.2 Å². The van der Waals surface area contributed by atoms with E-state index in [0.29, 0.717) is 5.52 Å². The van der Waals surface area contributed by atoms with Crippen molar-refractivity contribution in [1.82, 2.24) is 18.8 Å².